The zero-order chi connectivity index (χ0) is 22.3. The van der Waals surface area contributed by atoms with Gasteiger partial charge < -0.3 is 14.2 Å². The maximum atomic E-state index is 14.1. The van der Waals surface area contributed by atoms with Gasteiger partial charge in [0, 0.05) is 11.8 Å². The smallest absolute Gasteiger partial charge is 0.352 e. The van der Waals surface area contributed by atoms with Crippen LogP contribution >= 0.6 is 0 Å². The van der Waals surface area contributed by atoms with E-state index in [9.17, 15) is 17.6 Å². The van der Waals surface area contributed by atoms with Crippen molar-refractivity contribution in [3.05, 3.63) is 35.4 Å². The predicted octanol–water partition coefficient (Wildman–Crippen LogP) is 6.80. The second-order valence-electron chi connectivity index (χ2n) is 8.96. The molecule has 0 aromatic heterocycles. The molecular formula is C24H34F4O3. The first-order valence-corrected chi connectivity index (χ1v) is 11.6. The molecule has 0 spiro atoms. The largest absolute Gasteiger partial charge is 0.383 e. The molecule has 0 radical (unpaired) electrons. The molecule has 7 heteroatoms. The van der Waals surface area contributed by atoms with Crippen LogP contribution < -0.4 is 0 Å². The van der Waals surface area contributed by atoms with Crippen molar-refractivity contribution in [1.82, 2.24) is 0 Å². The van der Waals surface area contributed by atoms with Crippen LogP contribution in [0.4, 0.5) is 17.6 Å². The zero-order valence-electron chi connectivity index (χ0n) is 18.3. The van der Waals surface area contributed by atoms with E-state index in [-0.39, 0.29) is 12.9 Å². The molecule has 176 valence electrons. The topological polar surface area (TPSA) is 27.7 Å². The van der Waals surface area contributed by atoms with Crippen molar-refractivity contribution < 1.29 is 31.8 Å². The van der Waals surface area contributed by atoms with E-state index < -0.39 is 23.3 Å². The molecule has 2 fully saturated rings. The Morgan fingerprint density at radius 2 is 1.65 bits per heavy atom. The van der Waals surface area contributed by atoms with Gasteiger partial charge in [0.15, 0.2) is 17.9 Å². The molecule has 1 heterocycles. The van der Waals surface area contributed by atoms with Crippen molar-refractivity contribution in [3.63, 3.8) is 0 Å². The highest BCUT2D eigenvalue weighted by atomic mass is 19.3. The number of unbranched alkanes of at least 4 members (excludes halogenated alkanes) is 2. The van der Waals surface area contributed by atoms with Gasteiger partial charge in [-0.1, -0.05) is 26.2 Å². The van der Waals surface area contributed by atoms with Crippen molar-refractivity contribution in [3.8, 4) is 0 Å². The number of rotatable bonds is 10. The summed E-state index contributed by atoms with van der Waals surface area (Å²) in [7, 11) is 0. The summed E-state index contributed by atoms with van der Waals surface area (Å²) in [5.74, 6) is -1.31. The van der Waals surface area contributed by atoms with Gasteiger partial charge in [-0.3, -0.25) is 0 Å². The predicted molar refractivity (Wildman–Crippen MR) is 110 cm³/mol. The third-order valence-electron chi connectivity index (χ3n) is 6.55. The van der Waals surface area contributed by atoms with E-state index in [0.29, 0.717) is 36.3 Å². The molecule has 31 heavy (non-hydrogen) atoms. The number of halogens is 4. The molecule has 1 saturated carbocycles. The molecule has 0 bridgehead atoms. The lowest BCUT2D eigenvalue weighted by Gasteiger charge is -2.37. The van der Waals surface area contributed by atoms with Crippen molar-refractivity contribution in [1.29, 1.82) is 0 Å². The van der Waals surface area contributed by atoms with Crippen LogP contribution in [0.3, 0.4) is 0 Å². The van der Waals surface area contributed by atoms with Crippen molar-refractivity contribution in [2.24, 2.45) is 17.8 Å². The Balaban J connectivity index is 1.34. The Bertz CT molecular complexity index is 669. The highest BCUT2D eigenvalue weighted by Gasteiger charge is 2.35. The molecule has 0 atom stereocenters. The van der Waals surface area contributed by atoms with Gasteiger partial charge in [0.1, 0.15) is 0 Å². The Morgan fingerprint density at radius 1 is 0.935 bits per heavy atom. The van der Waals surface area contributed by atoms with Crippen LogP contribution in [-0.2, 0) is 20.3 Å². The minimum absolute atomic E-state index is 0.128. The Kier molecular flexibility index (Phi) is 9.17. The van der Waals surface area contributed by atoms with Gasteiger partial charge in [0.25, 0.3) is 0 Å². The molecule has 0 N–H and O–H groups in total. The Morgan fingerprint density at radius 3 is 2.29 bits per heavy atom. The second-order valence-corrected chi connectivity index (χ2v) is 8.96. The van der Waals surface area contributed by atoms with Crippen LogP contribution in [0.5, 0.6) is 0 Å². The molecule has 1 aromatic rings. The molecular weight excluding hydrogens is 412 g/mol. The van der Waals surface area contributed by atoms with Crippen LogP contribution in [0, 0.1) is 29.4 Å². The number of hydrogen-bond acceptors (Lipinski definition) is 3. The minimum atomic E-state index is -3.64. The van der Waals surface area contributed by atoms with E-state index in [2.05, 4.69) is 6.92 Å². The monoisotopic (exact) mass is 446 g/mol. The highest BCUT2D eigenvalue weighted by molar-refractivity contribution is 5.20. The Labute approximate surface area is 182 Å². The SMILES string of the molecule is CCCCCC1COC(C2CCC(CCOC(F)(F)c3ccc(F)c(F)c3)CC2)OC1. The number of benzene rings is 1. The number of ether oxygens (including phenoxy) is 3. The van der Waals surface area contributed by atoms with Crippen molar-refractivity contribution in [2.45, 2.75) is 77.1 Å². The lowest BCUT2D eigenvalue weighted by Crippen LogP contribution is -2.38. The molecule has 0 amide bonds. The van der Waals surface area contributed by atoms with Crippen molar-refractivity contribution >= 4 is 0 Å². The van der Waals surface area contributed by atoms with Gasteiger partial charge in [-0.25, -0.2) is 8.78 Å². The number of alkyl halides is 2. The van der Waals surface area contributed by atoms with Gasteiger partial charge >= 0.3 is 6.11 Å². The minimum Gasteiger partial charge on any atom is -0.352 e. The summed E-state index contributed by atoms with van der Waals surface area (Å²) < 4.78 is 71.1. The average molecular weight is 447 g/mol. The fraction of sp³-hybridized carbons (Fsp3) is 0.750. The van der Waals surface area contributed by atoms with Crippen LogP contribution in [0.15, 0.2) is 18.2 Å². The summed E-state index contributed by atoms with van der Waals surface area (Å²) in [6.45, 7) is 3.60. The van der Waals surface area contributed by atoms with Gasteiger partial charge in [-0.05, 0) is 62.6 Å². The summed E-state index contributed by atoms with van der Waals surface area (Å²) >= 11 is 0. The van der Waals surface area contributed by atoms with E-state index in [4.69, 9.17) is 14.2 Å². The van der Waals surface area contributed by atoms with E-state index >= 15 is 0 Å². The van der Waals surface area contributed by atoms with Crippen LogP contribution in [0.25, 0.3) is 0 Å². The fourth-order valence-corrected chi connectivity index (χ4v) is 4.54. The first-order chi connectivity index (χ1) is 14.9. The first kappa shape index (κ1) is 24.5. The summed E-state index contributed by atoms with van der Waals surface area (Å²) in [5, 5.41) is 0. The maximum Gasteiger partial charge on any atom is 0.383 e. The third kappa shape index (κ3) is 7.16. The molecule has 0 unspecified atom stereocenters. The molecule has 1 aliphatic heterocycles. The normalized spacial score (nSPS) is 27.4. The van der Waals surface area contributed by atoms with E-state index in [0.717, 1.165) is 51.4 Å². The van der Waals surface area contributed by atoms with Crippen molar-refractivity contribution in [2.75, 3.05) is 19.8 Å². The maximum absolute atomic E-state index is 14.1. The van der Waals surface area contributed by atoms with E-state index in [1.54, 1.807) is 0 Å². The van der Waals surface area contributed by atoms with Gasteiger partial charge in [-0.2, -0.15) is 8.78 Å². The quantitative estimate of drug-likeness (QED) is 0.292. The van der Waals surface area contributed by atoms with Gasteiger partial charge in [-0.15, -0.1) is 0 Å². The summed E-state index contributed by atoms with van der Waals surface area (Å²) in [5.41, 5.74) is -0.672. The lowest BCUT2D eigenvalue weighted by atomic mass is 9.80. The Hall–Kier alpha value is -1.18. The van der Waals surface area contributed by atoms with Crippen LogP contribution in [-0.4, -0.2) is 26.1 Å². The molecule has 1 saturated heterocycles. The summed E-state index contributed by atoms with van der Waals surface area (Å²) in [4.78, 5) is 0. The van der Waals surface area contributed by atoms with Gasteiger partial charge in [0.2, 0.25) is 0 Å². The molecule has 1 aromatic carbocycles. The molecule has 2 aliphatic rings. The molecule has 3 rings (SSSR count). The number of hydrogen-bond donors (Lipinski definition) is 0. The van der Waals surface area contributed by atoms with E-state index in [1.807, 2.05) is 0 Å². The standard InChI is InChI=1S/C24H34F4O3/c1-2-3-4-5-18-15-29-23(30-16-18)19-8-6-17(7-9-19)12-13-31-24(27,28)20-10-11-21(25)22(26)14-20/h10-11,14,17-19,23H,2-9,12-13,15-16H2,1H3. The molecule has 3 nitrogen and oxygen atoms in total. The van der Waals surface area contributed by atoms with E-state index in [1.165, 1.54) is 19.3 Å². The van der Waals surface area contributed by atoms with Crippen LogP contribution in [0.1, 0.15) is 70.3 Å². The lowest BCUT2D eigenvalue weighted by molar-refractivity contribution is -0.251. The summed E-state index contributed by atoms with van der Waals surface area (Å²) in [6.07, 6.45) is 5.34. The highest BCUT2D eigenvalue weighted by Crippen LogP contribution is 2.37. The fourth-order valence-electron chi connectivity index (χ4n) is 4.54. The van der Waals surface area contributed by atoms with Gasteiger partial charge in [0.05, 0.1) is 25.4 Å². The molecule has 1 aliphatic carbocycles. The first-order valence-electron chi connectivity index (χ1n) is 11.6. The summed E-state index contributed by atoms with van der Waals surface area (Å²) in [6, 6.07) is 2.02. The average Bonchev–Trinajstić information content (AvgIpc) is 2.77. The second kappa shape index (κ2) is 11.6. The van der Waals surface area contributed by atoms with Crippen LogP contribution in [0.2, 0.25) is 0 Å². The third-order valence-corrected chi connectivity index (χ3v) is 6.55. The zero-order valence-corrected chi connectivity index (χ0v) is 18.3.